The number of likely N-dealkylation sites (N-methyl/N-ethyl adjacent to an activating group) is 1. The average Bonchev–Trinajstić information content (AvgIpc) is 2.70. The molecule has 0 saturated carbocycles. The lowest BCUT2D eigenvalue weighted by Crippen LogP contribution is -3.12. The molecule has 0 unspecified atom stereocenters. The Kier molecular flexibility index (Phi) is 6.46. The number of halogens is 1. The minimum atomic E-state index is -3.77. The lowest BCUT2D eigenvalue weighted by Gasteiger charge is -2.29. The van der Waals surface area contributed by atoms with Gasteiger partial charge in [0.15, 0.2) is 0 Å². The fraction of sp³-hybridized carbons (Fsp3) is 0.368. The van der Waals surface area contributed by atoms with E-state index in [9.17, 15) is 22.9 Å². The van der Waals surface area contributed by atoms with Crippen molar-refractivity contribution in [2.24, 2.45) is 0 Å². The maximum absolute atomic E-state index is 13.0. The van der Waals surface area contributed by atoms with Crippen LogP contribution < -0.4 is 10.2 Å². The number of nitrogens with zero attached hydrogens (tertiary/aromatic N) is 2. The summed E-state index contributed by atoms with van der Waals surface area (Å²) in [6, 6.07) is 9.96. The van der Waals surface area contributed by atoms with E-state index >= 15 is 0 Å². The van der Waals surface area contributed by atoms with Crippen LogP contribution in [0.15, 0.2) is 47.4 Å². The molecule has 3 rings (SSSR count). The molecule has 1 saturated heterocycles. The first-order valence-electron chi connectivity index (χ1n) is 9.35. The van der Waals surface area contributed by atoms with Crippen LogP contribution in [0.2, 0.25) is 0 Å². The van der Waals surface area contributed by atoms with Crippen LogP contribution in [0.3, 0.4) is 0 Å². The Morgan fingerprint density at radius 2 is 1.83 bits per heavy atom. The zero-order valence-corrected chi connectivity index (χ0v) is 16.9. The molecule has 0 radical (unpaired) electrons. The second kappa shape index (κ2) is 8.85. The molecular formula is C19H24FN4O4S+. The van der Waals surface area contributed by atoms with Crippen LogP contribution in [-0.4, -0.2) is 57.4 Å². The minimum absolute atomic E-state index is 0.0761. The first-order valence-corrected chi connectivity index (χ1v) is 10.8. The van der Waals surface area contributed by atoms with Gasteiger partial charge in [-0.25, -0.2) is 12.8 Å². The second-order valence-corrected chi connectivity index (χ2v) is 9.04. The summed E-state index contributed by atoms with van der Waals surface area (Å²) in [5.41, 5.74) is 0.849. The van der Waals surface area contributed by atoms with Gasteiger partial charge in [-0.3, -0.25) is 10.1 Å². The van der Waals surface area contributed by atoms with Crippen LogP contribution >= 0.6 is 0 Å². The first kappa shape index (κ1) is 21.2. The number of nitro groups is 1. The normalized spacial score (nSPS) is 15.9. The Labute approximate surface area is 169 Å². The summed E-state index contributed by atoms with van der Waals surface area (Å²) in [5, 5.41) is 14.5. The third-order valence-corrected chi connectivity index (χ3v) is 6.92. The minimum Gasteiger partial charge on any atom is -0.379 e. The number of nitro benzene ring substituents is 1. The van der Waals surface area contributed by atoms with Crippen LogP contribution in [-0.2, 0) is 16.4 Å². The predicted molar refractivity (Wildman–Crippen MR) is 107 cm³/mol. The van der Waals surface area contributed by atoms with Gasteiger partial charge in [0.1, 0.15) is 11.5 Å². The van der Waals surface area contributed by atoms with Gasteiger partial charge in [0.2, 0.25) is 10.0 Å². The molecule has 156 valence electrons. The summed E-state index contributed by atoms with van der Waals surface area (Å²) >= 11 is 0. The van der Waals surface area contributed by atoms with Crippen LogP contribution in [0.25, 0.3) is 0 Å². The van der Waals surface area contributed by atoms with Gasteiger partial charge >= 0.3 is 0 Å². The van der Waals surface area contributed by atoms with Gasteiger partial charge in [0.25, 0.3) is 5.69 Å². The molecule has 0 aliphatic carbocycles. The summed E-state index contributed by atoms with van der Waals surface area (Å²) in [6.45, 7) is 2.56. The summed E-state index contributed by atoms with van der Waals surface area (Å²) in [6.07, 6.45) is 0.543. The van der Waals surface area contributed by atoms with Crippen molar-refractivity contribution in [3.8, 4) is 0 Å². The molecule has 0 amide bonds. The second-order valence-electron chi connectivity index (χ2n) is 7.10. The van der Waals surface area contributed by atoms with E-state index < -0.39 is 14.9 Å². The molecule has 2 aromatic carbocycles. The Bertz CT molecular complexity index is 974. The number of hydrogen-bond acceptors (Lipinski definition) is 5. The lowest BCUT2D eigenvalue weighted by molar-refractivity contribution is -0.883. The van der Waals surface area contributed by atoms with Crippen molar-refractivity contribution in [2.45, 2.75) is 11.3 Å². The zero-order chi connectivity index (χ0) is 21.0. The van der Waals surface area contributed by atoms with Gasteiger partial charge in [-0.1, -0.05) is 12.1 Å². The number of rotatable bonds is 7. The highest BCUT2D eigenvalue weighted by Crippen LogP contribution is 2.29. The quantitative estimate of drug-likeness (QED) is 0.510. The smallest absolute Gasteiger partial charge is 0.293 e. The number of piperazine rings is 1. The van der Waals surface area contributed by atoms with E-state index in [0.717, 1.165) is 11.6 Å². The molecule has 1 heterocycles. The van der Waals surface area contributed by atoms with Crippen LogP contribution in [0.4, 0.5) is 15.8 Å². The van der Waals surface area contributed by atoms with Crippen molar-refractivity contribution in [3.63, 3.8) is 0 Å². The van der Waals surface area contributed by atoms with Crippen molar-refractivity contribution in [3.05, 3.63) is 64.0 Å². The summed E-state index contributed by atoms with van der Waals surface area (Å²) in [5.74, 6) is -0.323. The fourth-order valence-corrected chi connectivity index (χ4v) is 4.68. The molecule has 2 aromatic rings. The molecule has 1 aliphatic rings. The number of quaternary nitrogens is 1. The highest BCUT2D eigenvalue weighted by atomic mass is 32.2. The molecule has 0 atom stereocenters. The number of anilines is 1. The van der Waals surface area contributed by atoms with Crippen LogP contribution in [0, 0.1) is 15.9 Å². The van der Waals surface area contributed by atoms with E-state index in [1.807, 2.05) is 7.05 Å². The standard InChI is InChI=1S/C19H23FN4O4S/c1-22-10-12-23(13-11-22)29(27,28)17-6-7-18(19(14-17)24(25)26)21-9-8-15-2-4-16(20)5-3-15/h2-7,14,21H,8-13H2,1H3/p+1. The number of hydrogen-bond donors (Lipinski definition) is 2. The monoisotopic (exact) mass is 423 g/mol. The molecular weight excluding hydrogens is 399 g/mol. The SMILES string of the molecule is C[NH+]1CCN(S(=O)(=O)c2ccc(NCCc3ccc(F)cc3)c([N+](=O)[O-])c2)CC1. The molecule has 10 heteroatoms. The number of sulfonamides is 1. The van der Waals surface area contributed by atoms with Gasteiger partial charge in [-0.05, 0) is 36.2 Å². The van der Waals surface area contributed by atoms with E-state index in [0.29, 0.717) is 39.1 Å². The average molecular weight is 423 g/mol. The molecule has 0 aromatic heterocycles. The van der Waals surface area contributed by atoms with E-state index in [4.69, 9.17) is 0 Å². The van der Waals surface area contributed by atoms with E-state index in [2.05, 4.69) is 5.32 Å². The number of nitrogens with one attached hydrogen (secondary N) is 2. The largest absolute Gasteiger partial charge is 0.379 e. The van der Waals surface area contributed by atoms with Gasteiger partial charge in [0, 0.05) is 12.6 Å². The Balaban J connectivity index is 1.74. The maximum Gasteiger partial charge on any atom is 0.293 e. The van der Waals surface area contributed by atoms with Crippen molar-refractivity contribution < 1.29 is 22.6 Å². The Hall–Kier alpha value is -2.56. The van der Waals surface area contributed by atoms with Crippen LogP contribution in [0.5, 0.6) is 0 Å². The van der Waals surface area contributed by atoms with Crippen molar-refractivity contribution >= 4 is 21.4 Å². The Morgan fingerprint density at radius 1 is 1.17 bits per heavy atom. The highest BCUT2D eigenvalue weighted by molar-refractivity contribution is 7.89. The van der Waals surface area contributed by atoms with E-state index in [1.54, 1.807) is 12.1 Å². The number of benzene rings is 2. The first-order chi connectivity index (χ1) is 13.8. The molecule has 29 heavy (non-hydrogen) atoms. The topological polar surface area (TPSA) is 97.0 Å². The van der Waals surface area contributed by atoms with Crippen molar-refractivity contribution in [1.82, 2.24) is 4.31 Å². The predicted octanol–water partition coefficient (Wildman–Crippen LogP) is 0.908. The lowest BCUT2D eigenvalue weighted by atomic mass is 10.1. The maximum atomic E-state index is 13.0. The molecule has 1 aliphatic heterocycles. The summed E-state index contributed by atoms with van der Waals surface area (Å²) in [4.78, 5) is 12.1. The molecule has 0 bridgehead atoms. The molecule has 8 nitrogen and oxygen atoms in total. The van der Waals surface area contributed by atoms with Gasteiger partial charge in [0.05, 0.1) is 43.0 Å². The van der Waals surface area contributed by atoms with E-state index in [-0.39, 0.29) is 22.1 Å². The molecule has 0 spiro atoms. The van der Waals surface area contributed by atoms with Crippen LogP contribution in [0.1, 0.15) is 5.56 Å². The fourth-order valence-electron chi connectivity index (χ4n) is 3.22. The third-order valence-electron chi connectivity index (χ3n) is 5.02. The highest BCUT2D eigenvalue weighted by Gasteiger charge is 2.31. The van der Waals surface area contributed by atoms with Crippen molar-refractivity contribution in [2.75, 3.05) is 45.1 Å². The third kappa shape index (κ3) is 5.08. The molecule has 2 N–H and O–H groups in total. The van der Waals surface area contributed by atoms with Gasteiger partial charge in [-0.2, -0.15) is 4.31 Å². The Morgan fingerprint density at radius 3 is 2.45 bits per heavy atom. The summed E-state index contributed by atoms with van der Waals surface area (Å²) in [7, 11) is -1.77. The van der Waals surface area contributed by atoms with Crippen molar-refractivity contribution in [1.29, 1.82) is 0 Å². The van der Waals surface area contributed by atoms with Gasteiger partial charge in [-0.15, -0.1) is 0 Å². The summed E-state index contributed by atoms with van der Waals surface area (Å²) < 4.78 is 40.0. The van der Waals surface area contributed by atoms with Gasteiger partial charge < -0.3 is 10.2 Å². The zero-order valence-electron chi connectivity index (χ0n) is 16.1. The molecule has 1 fully saturated rings. The van der Waals surface area contributed by atoms with E-state index in [1.165, 1.54) is 33.5 Å².